The highest BCUT2D eigenvalue weighted by Gasteiger charge is 2.05. The number of amides is 1. The SMILES string of the molecule is CC(C)Oc1ccc(NC(=O)CCNc2cccc3cccnc23)cc1. The maximum Gasteiger partial charge on any atom is 0.226 e. The maximum absolute atomic E-state index is 12.1. The molecule has 26 heavy (non-hydrogen) atoms. The third-order valence-corrected chi connectivity index (χ3v) is 3.81. The van der Waals surface area contributed by atoms with Crippen LogP contribution in [0.1, 0.15) is 20.3 Å². The highest BCUT2D eigenvalue weighted by atomic mass is 16.5. The Balaban J connectivity index is 1.51. The van der Waals surface area contributed by atoms with E-state index in [1.54, 1.807) is 6.20 Å². The van der Waals surface area contributed by atoms with Crippen LogP contribution in [0.4, 0.5) is 11.4 Å². The molecule has 0 radical (unpaired) electrons. The highest BCUT2D eigenvalue weighted by Crippen LogP contribution is 2.20. The smallest absolute Gasteiger partial charge is 0.226 e. The number of fused-ring (bicyclic) bond motifs is 1. The normalized spacial score (nSPS) is 10.7. The van der Waals surface area contributed by atoms with E-state index >= 15 is 0 Å². The Morgan fingerprint density at radius 2 is 1.85 bits per heavy atom. The molecule has 1 amide bonds. The number of pyridine rings is 1. The van der Waals surface area contributed by atoms with Crippen LogP contribution in [-0.4, -0.2) is 23.5 Å². The van der Waals surface area contributed by atoms with Crippen molar-refractivity contribution in [3.05, 3.63) is 60.8 Å². The van der Waals surface area contributed by atoms with E-state index < -0.39 is 0 Å². The number of anilines is 2. The fraction of sp³-hybridized carbons (Fsp3) is 0.238. The molecular weight excluding hydrogens is 326 g/mol. The summed E-state index contributed by atoms with van der Waals surface area (Å²) in [5.41, 5.74) is 2.61. The zero-order chi connectivity index (χ0) is 18.4. The molecule has 2 N–H and O–H groups in total. The monoisotopic (exact) mass is 349 g/mol. The van der Waals surface area contributed by atoms with Gasteiger partial charge in [-0.15, -0.1) is 0 Å². The summed E-state index contributed by atoms with van der Waals surface area (Å²) in [6, 6.07) is 17.3. The first-order valence-electron chi connectivity index (χ1n) is 8.76. The van der Waals surface area contributed by atoms with Crippen LogP contribution < -0.4 is 15.4 Å². The van der Waals surface area contributed by atoms with Gasteiger partial charge in [0, 0.05) is 30.2 Å². The van der Waals surface area contributed by atoms with E-state index in [9.17, 15) is 4.79 Å². The quantitative estimate of drug-likeness (QED) is 0.661. The Kier molecular flexibility index (Phi) is 5.69. The minimum absolute atomic E-state index is 0.0387. The van der Waals surface area contributed by atoms with E-state index in [0.717, 1.165) is 28.0 Å². The fourth-order valence-corrected chi connectivity index (χ4v) is 2.67. The first-order chi connectivity index (χ1) is 12.6. The van der Waals surface area contributed by atoms with Gasteiger partial charge >= 0.3 is 0 Å². The van der Waals surface area contributed by atoms with Crippen molar-refractivity contribution in [1.82, 2.24) is 4.98 Å². The number of hydrogen-bond donors (Lipinski definition) is 2. The van der Waals surface area contributed by atoms with Crippen molar-refractivity contribution in [2.75, 3.05) is 17.2 Å². The predicted octanol–water partition coefficient (Wildman–Crippen LogP) is 4.46. The summed E-state index contributed by atoms with van der Waals surface area (Å²) in [5, 5.41) is 7.26. The second-order valence-electron chi connectivity index (χ2n) is 6.30. The summed E-state index contributed by atoms with van der Waals surface area (Å²) >= 11 is 0. The lowest BCUT2D eigenvalue weighted by Gasteiger charge is -2.11. The lowest BCUT2D eigenvalue weighted by molar-refractivity contribution is -0.115. The average Bonchev–Trinajstić information content (AvgIpc) is 2.63. The van der Waals surface area contributed by atoms with Crippen LogP contribution >= 0.6 is 0 Å². The molecule has 3 rings (SSSR count). The van der Waals surface area contributed by atoms with Gasteiger partial charge in [0.25, 0.3) is 0 Å². The second kappa shape index (κ2) is 8.34. The number of nitrogens with one attached hydrogen (secondary N) is 2. The maximum atomic E-state index is 12.1. The Morgan fingerprint density at radius 3 is 2.62 bits per heavy atom. The summed E-state index contributed by atoms with van der Waals surface area (Å²) in [5.74, 6) is 0.756. The van der Waals surface area contributed by atoms with Crippen molar-refractivity contribution < 1.29 is 9.53 Å². The molecule has 2 aromatic carbocycles. The lowest BCUT2D eigenvalue weighted by atomic mass is 10.2. The lowest BCUT2D eigenvalue weighted by Crippen LogP contribution is -2.16. The van der Waals surface area contributed by atoms with Crippen molar-refractivity contribution in [3.63, 3.8) is 0 Å². The molecule has 0 atom stereocenters. The Morgan fingerprint density at radius 1 is 1.08 bits per heavy atom. The number of carbonyl (C=O) groups is 1. The van der Waals surface area contributed by atoms with Gasteiger partial charge in [0.1, 0.15) is 5.75 Å². The summed E-state index contributed by atoms with van der Waals surface area (Å²) in [6.45, 7) is 4.50. The van der Waals surface area contributed by atoms with Crippen molar-refractivity contribution >= 4 is 28.2 Å². The molecule has 0 bridgehead atoms. The standard InChI is InChI=1S/C21H23N3O2/c1-15(2)26-18-10-8-17(9-11-18)24-20(25)12-14-22-19-7-3-5-16-6-4-13-23-21(16)19/h3-11,13,15,22H,12,14H2,1-2H3,(H,24,25). The van der Waals surface area contributed by atoms with Gasteiger partial charge in [0.05, 0.1) is 17.3 Å². The average molecular weight is 349 g/mol. The van der Waals surface area contributed by atoms with Gasteiger partial charge in [-0.1, -0.05) is 18.2 Å². The molecule has 0 saturated heterocycles. The molecule has 0 fully saturated rings. The molecule has 1 heterocycles. The van der Waals surface area contributed by atoms with E-state index in [1.807, 2.05) is 68.4 Å². The molecule has 0 aliphatic carbocycles. The van der Waals surface area contributed by atoms with E-state index in [-0.39, 0.29) is 12.0 Å². The number of para-hydroxylation sites is 1. The topological polar surface area (TPSA) is 63.2 Å². The van der Waals surface area contributed by atoms with Gasteiger partial charge in [-0.25, -0.2) is 0 Å². The number of aromatic nitrogens is 1. The van der Waals surface area contributed by atoms with Gasteiger partial charge < -0.3 is 15.4 Å². The number of nitrogens with zero attached hydrogens (tertiary/aromatic N) is 1. The largest absolute Gasteiger partial charge is 0.491 e. The van der Waals surface area contributed by atoms with Crippen LogP contribution in [0.25, 0.3) is 10.9 Å². The Bertz CT molecular complexity index is 871. The van der Waals surface area contributed by atoms with Crippen LogP contribution in [0.15, 0.2) is 60.8 Å². The molecule has 0 unspecified atom stereocenters. The van der Waals surface area contributed by atoms with Gasteiger partial charge in [-0.2, -0.15) is 0 Å². The van der Waals surface area contributed by atoms with Crippen LogP contribution in [0.5, 0.6) is 5.75 Å². The molecule has 134 valence electrons. The minimum atomic E-state index is -0.0387. The van der Waals surface area contributed by atoms with Gasteiger partial charge in [0.15, 0.2) is 0 Å². The molecule has 1 aromatic heterocycles. The molecule has 3 aromatic rings. The highest BCUT2D eigenvalue weighted by molar-refractivity contribution is 5.92. The van der Waals surface area contributed by atoms with Crippen molar-refractivity contribution in [2.45, 2.75) is 26.4 Å². The second-order valence-corrected chi connectivity index (χ2v) is 6.30. The van der Waals surface area contributed by atoms with Crippen molar-refractivity contribution in [2.24, 2.45) is 0 Å². The third kappa shape index (κ3) is 4.72. The first-order valence-corrected chi connectivity index (χ1v) is 8.76. The van der Waals surface area contributed by atoms with Crippen LogP contribution in [0.2, 0.25) is 0 Å². The Hall–Kier alpha value is -3.08. The number of rotatable bonds is 7. The number of ether oxygens (including phenoxy) is 1. The van der Waals surface area contributed by atoms with Crippen molar-refractivity contribution in [1.29, 1.82) is 0 Å². The summed E-state index contributed by atoms with van der Waals surface area (Å²) < 4.78 is 5.59. The molecule has 5 heteroatoms. The zero-order valence-corrected chi connectivity index (χ0v) is 15.0. The molecule has 5 nitrogen and oxygen atoms in total. The minimum Gasteiger partial charge on any atom is -0.491 e. The van der Waals surface area contributed by atoms with Crippen LogP contribution in [-0.2, 0) is 4.79 Å². The summed E-state index contributed by atoms with van der Waals surface area (Å²) in [7, 11) is 0. The third-order valence-electron chi connectivity index (χ3n) is 3.81. The van der Waals surface area contributed by atoms with Gasteiger partial charge in [-0.05, 0) is 50.2 Å². The number of carbonyl (C=O) groups excluding carboxylic acids is 1. The van der Waals surface area contributed by atoms with E-state index in [2.05, 4.69) is 15.6 Å². The molecule has 0 aliphatic rings. The van der Waals surface area contributed by atoms with Gasteiger partial charge in [-0.3, -0.25) is 9.78 Å². The molecular formula is C21H23N3O2. The van der Waals surface area contributed by atoms with Crippen LogP contribution in [0.3, 0.4) is 0 Å². The number of hydrogen-bond acceptors (Lipinski definition) is 4. The molecule has 0 saturated carbocycles. The van der Waals surface area contributed by atoms with E-state index in [4.69, 9.17) is 4.74 Å². The van der Waals surface area contributed by atoms with Crippen molar-refractivity contribution in [3.8, 4) is 5.75 Å². The molecule has 0 aliphatic heterocycles. The number of benzene rings is 2. The van der Waals surface area contributed by atoms with Gasteiger partial charge in [0.2, 0.25) is 5.91 Å². The predicted molar refractivity (Wildman–Crippen MR) is 106 cm³/mol. The van der Waals surface area contributed by atoms with E-state index in [0.29, 0.717) is 13.0 Å². The first kappa shape index (κ1) is 17.7. The zero-order valence-electron chi connectivity index (χ0n) is 15.0. The molecule has 0 spiro atoms. The summed E-state index contributed by atoms with van der Waals surface area (Å²) in [4.78, 5) is 16.5. The van der Waals surface area contributed by atoms with E-state index in [1.165, 1.54) is 0 Å². The fourth-order valence-electron chi connectivity index (χ4n) is 2.67. The Labute approximate surface area is 153 Å². The van der Waals surface area contributed by atoms with Crippen LogP contribution in [0, 0.1) is 0 Å². The summed E-state index contributed by atoms with van der Waals surface area (Å²) in [6.07, 6.45) is 2.27.